The van der Waals surface area contributed by atoms with Gasteiger partial charge in [0.2, 0.25) is 0 Å². The minimum Gasteiger partial charge on any atom is -0.372 e. The van der Waals surface area contributed by atoms with Crippen LogP contribution in [-0.4, -0.2) is 53.3 Å². The molecule has 0 unspecified atom stereocenters. The van der Waals surface area contributed by atoms with Crippen LogP contribution in [0.4, 0.5) is 5.82 Å². The zero-order valence-electron chi connectivity index (χ0n) is 10.9. The first-order chi connectivity index (χ1) is 8.60. The molecule has 1 amide bonds. The number of carbonyl (C=O) groups is 1. The van der Waals surface area contributed by atoms with Gasteiger partial charge in [-0.25, -0.2) is 0 Å². The summed E-state index contributed by atoms with van der Waals surface area (Å²) in [4.78, 5) is 14.0. The summed E-state index contributed by atoms with van der Waals surface area (Å²) in [6.45, 7) is 5.12. The zero-order valence-corrected chi connectivity index (χ0v) is 10.9. The van der Waals surface area contributed by atoms with Gasteiger partial charge in [-0.1, -0.05) is 0 Å². The molecule has 0 saturated carbocycles. The average Bonchev–Trinajstić information content (AvgIpc) is 2.37. The molecule has 1 aromatic heterocycles. The van der Waals surface area contributed by atoms with Crippen molar-refractivity contribution in [3.63, 3.8) is 0 Å². The summed E-state index contributed by atoms with van der Waals surface area (Å²) < 4.78 is 5.60. The van der Waals surface area contributed by atoms with Crippen molar-refractivity contribution in [1.82, 2.24) is 15.1 Å². The van der Waals surface area contributed by atoms with E-state index in [0.29, 0.717) is 24.6 Å². The summed E-state index contributed by atoms with van der Waals surface area (Å²) in [7, 11) is 1.76. The largest absolute Gasteiger partial charge is 0.372 e. The highest BCUT2D eigenvalue weighted by Gasteiger charge is 2.27. The monoisotopic (exact) mass is 250 g/mol. The first-order valence-corrected chi connectivity index (χ1v) is 6.06. The molecule has 0 radical (unpaired) electrons. The lowest BCUT2D eigenvalue weighted by Gasteiger charge is -2.35. The van der Waals surface area contributed by atoms with E-state index in [1.54, 1.807) is 24.1 Å². The lowest BCUT2D eigenvalue weighted by atomic mass is 10.2. The molecule has 2 rings (SSSR count). The van der Waals surface area contributed by atoms with Crippen molar-refractivity contribution >= 4 is 11.7 Å². The number of ether oxygens (including phenoxy) is 1. The number of anilines is 1. The number of amides is 1. The Labute approximate surface area is 106 Å². The van der Waals surface area contributed by atoms with Crippen LogP contribution in [-0.2, 0) is 4.74 Å². The van der Waals surface area contributed by atoms with Crippen LogP contribution in [0.2, 0.25) is 0 Å². The van der Waals surface area contributed by atoms with E-state index < -0.39 is 0 Å². The van der Waals surface area contributed by atoms with Gasteiger partial charge in [-0.15, -0.1) is 10.2 Å². The Kier molecular flexibility index (Phi) is 3.76. The third kappa shape index (κ3) is 2.76. The lowest BCUT2D eigenvalue weighted by molar-refractivity contribution is -0.0587. The zero-order chi connectivity index (χ0) is 13.1. The molecule has 1 saturated heterocycles. The third-order valence-corrected chi connectivity index (χ3v) is 2.85. The highest BCUT2D eigenvalue weighted by atomic mass is 16.5. The van der Waals surface area contributed by atoms with Gasteiger partial charge in [0.15, 0.2) is 5.69 Å². The molecule has 1 aliphatic heterocycles. The molecule has 18 heavy (non-hydrogen) atoms. The summed E-state index contributed by atoms with van der Waals surface area (Å²) >= 11 is 0. The Morgan fingerprint density at radius 3 is 2.50 bits per heavy atom. The van der Waals surface area contributed by atoms with Gasteiger partial charge in [-0.3, -0.25) is 4.79 Å². The molecule has 0 aliphatic carbocycles. The van der Waals surface area contributed by atoms with Crippen molar-refractivity contribution in [2.75, 3.05) is 25.5 Å². The first-order valence-electron chi connectivity index (χ1n) is 6.06. The highest BCUT2D eigenvalue weighted by Crippen LogP contribution is 2.13. The van der Waals surface area contributed by atoms with Crippen LogP contribution in [0.15, 0.2) is 12.1 Å². The highest BCUT2D eigenvalue weighted by molar-refractivity contribution is 5.92. The molecule has 0 spiro atoms. The van der Waals surface area contributed by atoms with Crippen LogP contribution in [0.1, 0.15) is 24.3 Å². The molecule has 1 aromatic rings. The van der Waals surface area contributed by atoms with Crippen molar-refractivity contribution < 1.29 is 9.53 Å². The predicted octanol–water partition coefficient (Wildman–Crippen LogP) is 0.768. The van der Waals surface area contributed by atoms with Crippen LogP contribution >= 0.6 is 0 Å². The van der Waals surface area contributed by atoms with Gasteiger partial charge >= 0.3 is 0 Å². The minimum absolute atomic E-state index is 0.0576. The second-order valence-electron chi connectivity index (χ2n) is 4.52. The number of morpholine rings is 1. The maximum atomic E-state index is 12.2. The number of aromatic nitrogens is 2. The van der Waals surface area contributed by atoms with Gasteiger partial charge in [0.05, 0.1) is 12.2 Å². The van der Waals surface area contributed by atoms with Crippen molar-refractivity contribution in [2.24, 2.45) is 0 Å². The van der Waals surface area contributed by atoms with Crippen molar-refractivity contribution in [2.45, 2.75) is 26.1 Å². The van der Waals surface area contributed by atoms with Gasteiger partial charge in [-0.2, -0.15) is 0 Å². The van der Waals surface area contributed by atoms with Crippen molar-refractivity contribution in [3.05, 3.63) is 17.8 Å². The van der Waals surface area contributed by atoms with Crippen LogP contribution in [0, 0.1) is 0 Å². The minimum atomic E-state index is -0.0906. The fourth-order valence-electron chi connectivity index (χ4n) is 2.09. The fraction of sp³-hybridized carbons (Fsp3) is 0.583. The summed E-state index contributed by atoms with van der Waals surface area (Å²) in [5.74, 6) is 0.558. The summed E-state index contributed by atoms with van der Waals surface area (Å²) in [6.07, 6.45) is 0.115. The maximum absolute atomic E-state index is 12.2. The van der Waals surface area contributed by atoms with Crippen LogP contribution in [0.3, 0.4) is 0 Å². The Hall–Kier alpha value is -1.69. The van der Waals surface area contributed by atoms with E-state index in [1.807, 2.05) is 13.8 Å². The molecule has 0 bridgehead atoms. The van der Waals surface area contributed by atoms with Crippen molar-refractivity contribution in [1.29, 1.82) is 0 Å². The average molecular weight is 250 g/mol. The number of nitrogens with zero attached hydrogens (tertiary/aromatic N) is 3. The maximum Gasteiger partial charge on any atom is 0.274 e. The van der Waals surface area contributed by atoms with E-state index >= 15 is 0 Å². The molecule has 2 heterocycles. The summed E-state index contributed by atoms with van der Waals surface area (Å²) in [6, 6.07) is 3.43. The van der Waals surface area contributed by atoms with Crippen molar-refractivity contribution in [3.8, 4) is 0 Å². The molecule has 0 aromatic carbocycles. The van der Waals surface area contributed by atoms with E-state index in [1.165, 1.54) is 0 Å². The molecule has 6 heteroatoms. The number of carbonyl (C=O) groups excluding carboxylic acids is 1. The predicted molar refractivity (Wildman–Crippen MR) is 67.5 cm³/mol. The second-order valence-corrected chi connectivity index (χ2v) is 4.52. The number of hydrogen-bond donors (Lipinski definition) is 1. The van der Waals surface area contributed by atoms with Crippen LogP contribution in [0.25, 0.3) is 0 Å². The topological polar surface area (TPSA) is 67.4 Å². The smallest absolute Gasteiger partial charge is 0.274 e. The molecule has 1 N–H and O–H groups in total. The summed E-state index contributed by atoms with van der Waals surface area (Å²) in [5.41, 5.74) is 0.371. The van der Waals surface area contributed by atoms with Crippen LogP contribution < -0.4 is 5.32 Å². The van der Waals surface area contributed by atoms with E-state index in [4.69, 9.17) is 4.74 Å². The van der Waals surface area contributed by atoms with Gasteiger partial charge in [0.25, 0.3) is 5.91 Å². The molecular formula is C12H18N4O2. The lowest BCUT2D eigenvalue weighted by Crippen LogP contribution is -2.48. The third-order valence-electron chi connectivity index (χ3n) is 2.85. The Bertz CT molecular complexity index is 411. The summed E-state index contributed by atoms with van der Waals surface area (Å²) in [5, 5.41) is 10.7. The SMILES string of the molecule is CNc1ccc(C(=O)N2C[C@@H](C)O[C@@H](C)C2)nn1. The quantitative estimate of drug-likeness (QED) is 0.839. The standard InChI is InChI=1S/C12H18N4O2/c1-8-6-16(7-9(2)18-8)12(17)10-4-5-11(13-3)15-14-10/h4-5,8-9H,6-7H2,1-3H3,(H,13,15)/t8-,9+. The number of rotatable bonds is 2. The normalized spacial score (nSPS) is 23.8. The first kappa shape index (κ1) is 12.8. The molecule has 1 fully saturated rings. The number of nitrogens with one attached hydrogen (secondary N) is 1. The van der Waals surface area contributed by atoms with Gasteiger partial charge in [0.1, 0.15) is 5.82 Å². The Morgan fingerprint density at radius 1 is 1.33 bits per heavy atom. The molecule has 2 atom stereocenters. The molecule has 6 nitrogen and oxygen atoms in total. The fourth-order valence-corrected chi connectivity index (χ4v) is 2.09. The van der Waals surface area contributed by atoms with E-state index in [0.717, 1.165) is 0 Å². The molecule has 98 valence electrons. The Balaban J connectivity index is 2.09. The molecule has 1 aliphatic rings. The van der Waals surface area contributed by atoms with Gasteiger partial charge < -0.3 is 15.0 Å². The molecular weight excluding hydrogens is 232 g/mol. The van der Waals surface area contributed by atoms with Gasteiger partial charge in [-0.05, 0) is 26.0 Å². The second kappa shape index (κ2) is 5.30. The van der Waals surface area contributed by atoms with Gasteiger partial charge in [0, 0.05) is 20.1 Å². The van der Waals surface area contributed by atoms with E-state index in [-0.39, 0.29) is 18.1 Å². The number of hydrogen-bond acceptors (Lipinski definition) is 5. The van der Waals surface area contributed by atoms with Crippen LogP contribution in [0.5, 0.6) is 0 Å². The van der Waals surface area contributed by atoms with E-state index in [9.17, 15) is 4.79 Å². The van der Waals surface area contributed by atoms with E-state index in [2.05, 4.69) is 15.5 Å². The Morgan fingerprint density at radius 2 is 2.00 bits per heavy atom.